The number of carbonyl (C=O) groups is 2. The Labute approximate surface area is 184 Å². The summed E-state index contributed by atoms with van der Waals surface area (Å²) in [6.45, 7) is 5.88. The Kier molecular flexibility index (Phi) is 8.46. The van der Waals surface area contributed by atoms with E-state index in [4.69, 9.17) is 4.74 Å². The molecule has 0 N–H and O–H groups in total. The van der Waals surface area contributed by atoms with Crippen LogP contribution in [-0.4, -0.2) is 80.0 Å². The summed E-state index contributed by atoms with van der Waals surface area (Å²) in [6, 6.07) is 6.13. The van der Waals surface area contributed by atoms with Gasteiger partial charge >= 0.3 is 12.2 Å². The number of hydrogen-bond acceptors (Lipinski definition) is 5. The molecule has 1 aromatic carbocycles. The van der Waals surface area contributed by atoms with Gasteiger partial charge in [0.05, 0.1) is 11.3 Å². The summed E-state index contributed by atoms with van der Waals surface area (Å²) in [5, 5.41) is 0. The van der Waals surface area contributed by atoms with Gasteiger partial charge in [-0.1, -0.05) is 18.7 Å². The number of carbonyl (C=O) groups excluding carboxylic acids is 2. The Morgan fingerprint density at radius 1 is 1.06 bits per heavy atom. The predicted octanol–water partition coefficient (Wildman–Crippen LogP) is 3.15. The lowest BCUT2D eigenvalue weighted by molar-refractivity contribution is -0.153. The Morgan fingerprint density at radius 2 is 1.74 bits per heavy atom. The first kappa shape index (κ1) is 24.7. The average molecular weight is 461 g/mol. The first-order chi connectivity index (χ1) is 14.2. The van der Waals surface area contributed by atoms with Crippen LogP contribution in [0.4, 0.5) is 23.7 Å². The van der Waals surface area contributed by atoms with Crippen LogP contribution >= 0.6 is 12.4 Å². The van der Waals surface area contributed by atoms with Crippen LogP contribution in [0.2, 0.25) is 0 Å². The number of hydrogen-bond donors (Lipinski definition) is 0. The molecule has 31 heavy (non-hydrogen) atoms. The highest BCUT2D eigenvalue weighted by Crippen LogP contribution is 2.30. The third kappa shape index (κ3) is 6.70. The van der Waals surface area contributed by atoms with E-state index in [1.807, 2.05) is 4.90 Å². The van der Waals surface area contributed by atoms with E-state index in [0.29, 0.717) is 44.8 Å². The van der Waals surface area contributed by atoms with E-state index in [0.717, 1.165) is 4.90 Å². The fourth-order valence-corrected chi connectivity index (χ4v) is 3.38. The molecule has 2 aliphatic rings. The molecule has 1 saturated heterocycles. The fraction of sp³-hybridized carbons (Fsp3) is 0.450. The molecule has 0 atom stereocenters. The molecule has 7 nitrogen and oxygen atoms in total. The molecule has 0 bridgehead atoms. The molecule has 3 rings (SSSR count). The van der Waals surface area contributed by atoms with Gasteiger partial charge in [0.1, 0.15) is 5.75 Å². The zero-order valence-electron chi connectivity index (χ0n) is 16.8. The maximum absolute atomic E-state index is 12.5. The van der Waals surface area contributed by atoms with Crippen molar-refractivity contribution < 1.29 is 27.5 Å². The number of benzene rings is 1. The number of rotatable bonds is 7. The largest absolute Gasteiger partial charge is 0.482 e. The van der Waals surface area contributed by atoms with Crippen molar-refractivity contribution in [2.45, 2.75) is 12.6 Å². The van der Waals surface area contributed by atoms with E-state index < -0.39 is 24.7 Å². The monoisotopic (exact) mass is 460 g/mol. The van der Waals surface area contributed by atoms with Gasteiger partial charge in [0.2, 0.25) is 0 Å². The van der Waals surface area contributed by atoms with Crippen LogP contribution < -0.4 is 9.64 Å². The summed E-state index contributed by atoms with van der Waals surface area (Å²) in [5.74, 6) is -0.207. The van der Waals surface area contributed by atoms with Crippen LogP contribution in [0.3, 0.4) is 0 Å². The Hall–Kier alpha value is -2.59. The van der Waals surface area contributed by atoms with Gasteiger partial charge in [-0.15, -0.1) is 12.4 Å². The second-order valence-electron chi connectivity index (χ2n) is 7.08. The van der Waals surface area contributed by atoms with Gasteiger partial charge in [0.25, 0.3) is 5.91 Å². The molecule has 0 radical (unpaired) electrons. The van der Waals surface area contributed by atoms with Gasteiger partial charge < -0.3 is 9.64 Å². The summed E-state index contributed by atoms with van der Waals surface area (Å²) < 4.78 is 42.4. The molecule has 1 aromatic rings. The van der Waals surface area contributed by atoms with Gasteiger partial charge in [-0.2, -0.15) is 13.2 Å². The number of nitrogens with zero attached hydrogens (tertiary/aromatic N) is 4. The number of para-hydroxylation sites is 2. The SMILES string of the molecule is C=C1C=NC(=O)N(CCCN2CCN(c3ccccc3OCC(F)(F)F)CC2)C1=O.Cl. The first-order valence-corrected chi connectivity index (χ1v) is 9.59. The number of anilines is 1. The summed E-state index contributed by atoms with van der Waals surface area (Å²) in [7, 11) is 0. The molecule has 0 spiro atoms. The second-order valence-corrected chi connectivity index (χ2v) is 7.08. The number of amides is 3. The molecule has 0 saturated carbocycles. The van der Waals surface area contributed by atoms with Crippen molar-refractivity contribution >= 4 is 36.2 Å². The topological polar surface area (TPSA) is 65.5 Å². The second kappa shape index (κ2) is 10.6. The number of halogens is 4. The van der Waals surface area contributed by atoms with E-state index in [-0.39, 0.29) is 30.3 Å². The lowest BCUT2D eigenvalue weighted by atomic mass is 10.2. The molecule has 3 amide bonds. The zero-order chi connectivity index (χ0) is 21.7. The number of aliphatic imine (C=N–C) groups is 1. The minimum Gasteiger partial charge on any atom is -0.482 e. The van der Waals surface area contributed by atoms with Gasteiger partial charge in [-0.25, -0.2) is 9.79 Å². The average Bonchev–Trinajstić information content (AvgIpc) is 2.72. The highest BCUT2D eigenvalue weighted by atomic mass is 35.5. The predicted molar refractivity (Wildman–Crippen MR) is 113 cm³/mol. The maximum Gasteiger partial charge on any atom is 0.422 e. The lowest BCUT2D eigenvalue weighted by Crippen LogP contribution is -2.47. The van der Waals surface area contributed by atoms with Gasteiger partial charge in [-0.3, -0.25) is 14.6 Å². The lowest BCUT2D eigenvalue weighted by Gasteiger charge is -2.37. The fourth-order valence-electron chi connectivity index (χ4n) is 3.38. The van der Waals surface area contributed by atoms with Gasteiger partial charge in [-0.05, 0) is 25.1 Å². The summed E-state index contributed by atoms with van der Waals surface area (Å²) in [6.07, 6.45) is -2.61. The van der Waals surface area contributed by atoms with Crippen molar-refractivity contribution in [1.82, 2.24) is 9.80 Å². The van der Waals surface area contributed by atoms with Crippen molar-refractivity contribution in [3.8, 4) is 5.75 Å². The quantitative estimate of drug-likeness (QED) is 0.585. The number of piperazine rings is 1. The first-order valence-electron chi connectivity index (χ1n) is 9.59. The highest BCUT2D eigenvalue weighted by Gasteiger charge is 2.30. The van der Waals surface area contributed by atoms with Crippen LogP contribution in [0.1, 0.15) is 6.42 Å². The Morgan fingerprint density at radius 3 is 2.42 bits per heavy atom. The zero-order valence-corrected chi connectivity index (χ0v) is 17.6. The van der Waals surface area contributed by atoms with E-state index in [1.165, 1.54) is 12.3 Å². The van der Waals surface area contributed by atoms with Crippen molar-refractivity contribution in [2.75, 3.05) is 50.8 Å². The third-order valence-electron chi connectivity index (χ3n) is 4.91. The van der Waals surface area contributed by atoms with E-state index in [2.05, 4.69) is 16.5 Å². The van der Waals surface area contributed by atoms with Crippen LogP contribution in [0.25, 0.3) is 0 Å². The molecule has 0 unspecified atom stereocenters. The van der Waals surface area contributed by atoms with Crippen molar-refractivity contribution in [3.63, 3.8) is 0 Å². The summed E-state index contributed by atoms with van der Waals surface area (Å²) in [5.41, 5.74) is 0.830. The standard InChI is InChI=1S/C20H23F3N4O3.ClH/c1-15-13-24-19(29)27(18(15)28)8-4-7-25-9-11-26(12-10-25)16-5-2-3-6-17(16)30-14-20(21,22)23;/h2-3,5-6,13H,1,4,7-12,14H2;1H. The van der Waals surface area contributed by atoms with Crippen LogP contribution in [0.15, 0.2) is 41.4 Å². The van der Waals surface area contributed by atoms with Crippen molar-refractivity contribution in [3.05, 3.63) is 36.4 Å². The van der Waals surface area contributed by atoms with Crippen molar-refractivity contribution in [1.29, 1.82) is 0 Å². The van der Waals surface area contributed by atoms with Crippen LogP contribution in [-0.2, 0) is 4.79 Å². The normalized spacial score (nSPS) is 17.7. The number of imide groups is 1. The smallest absolute Gasteiger partial charge is 0.422 e. The van der Waals surface area contributed by atoms with E-state index in [9.17, 15) is 22.8 Å². The molecular formula is C20H24ClF3N4O3. The van der Waals surface area contributed by atoms with E-state index in [1.54, 1.807) is 18.2 Å². The van der Waals surface area contributed by atoms with Crippen LogP contribution in [0.5, 0.6) is 5.75 Å². The molecule has 0 aromatic heterocycles. The minimum absolute atomic E-state index is 0. The Bertz CT molecular complexity index is 839. The molecule has 0 aliphatic carbocycles. The molecule has 2 aliphatic heterocycles. The molecular weight excluding hydrogens is 437 g/mol. The highest BCUT2D eigenvalue weighted by molar-refractivity contribution is 6.21. The van der Waals surface area contributed by atoms with Gasteiger partial charge in [0, 0.05) is 38.9 Å². The molecule has 2 heterocycles. The summed E-state index contributed by atoms with van der Waals surface area (Å²) >= 11 is 0. The van der Waals surface area contributed by atoms with Crippen LogP contribution in [0, 0.1) is 0 Å². The third-order valence-corrected chi connectivity index (χ3v) is 4.91. The number of urea groups is 1. The van der Waals surface area contributed by atoms with Gasteiger partial charge in [0.15, 0.2) is 6.61 Å². The minimum atomic E-state index is -4.39. The molecule has 170 valence electrons. The Balaban J connectivity index is 0.00000341. The molecule has 11 heteroatoms. The molecule has 1 fully saturated rings. The summed E-state index contributed by atoms with van der Waals surface area (Å²) in [4.78, 5) is 32.6. The van der Waals surface area contributed by atoms with E-state index >= 15 is 0 Å². The number of alkyl halides is 3. The van der Waals surface area contributed by atoms with Crippen molar-refractivity contribution in [2.24, 2.45) is 4.99 Å². The number of ether oxygens (including phenoxy) is 1. The maximum atomic E-state index is 12.5.